The summed E-state index contributed by atoms with van der Waals surface area (Å²) in [4.78, 5) is 33.6. The Morgan fingerprint density at radius 1 is 1.40 bits per heavy atom. The number of nitrogens with zero attached hydrogens (tertiary/aromatic N) is 2. The Balaban J connectivity index is 2.38. The zero-order valence-corrected chi connectivity index (χ0v) is 11.1. The van der Waals surface area contributed by atoms with Crippen LogP contribution in [0.5, 0.6) is 0 Å². The Morgan fingerprint density at radius 3 is 2.70 bits per heavy atom. The number of methoxy groups -OCH3 is 1. The smallest absolute Gasteiger partial charge is 0.326 e. The van der Waals surface area contributed by atoms with Crippen molar-refractivity contribution in [3.63, 3.8) is 0 Å². The SMILES string of the molecule is COC(=O)CC[C@@H](NC(=O)CCn1cccn1)C(=O)O. The van der Waals surface area contributed by atoms with Crippen LogP contribution < -0.4 is 5.32 Å². The van der Waals surface area contributed by atoms with Crippen LogP contribution in [0, 0.1) is 0 Å². The van der Waals surface area contributed by atoms with E-state index in [4.69, 9.17) is 5.11 Å². The van der Waals surface area contributed by atoms with Crippen LogP contribution in [0.15, 0.2) is 18.5 Å². The first-order valence-corrected chi connectivity index (χ1v) is 6.09. The van der Waals surface area contributed by atoms with Gasteiger partial charge in [0.1, 0.15) is 6.04 Å². The van der Waals surface area contributed by atoms with Crippen molar-refractivity contribution in [3.8, 4) is 0 Å². The van der Waals surface area contributed by atoms with E-state index in [0.717, 1.165) is 0 Å². The maximum absolute atomic E-state index is 11.6. The third-order valence-electron chi connectivity index (χ3n) is 2.63. The summed E-state index contributed by atoms with van der Waals surface area (Å²) in [6.07, 6.45) is 3.35. The molecule has 0 saturated heterocycles. The number of carboxylic acid groups (broad SMARTS) is 1. The number of aliphatic carboxylic acids is 1. The summed E-state index contributed by atoms with van der Waals surface area (Å²) in [5.74, 6) is -2.10. The van der Waals surface area contributed by atoms with Crippen molar-refractivity contribution in [3.05, 3.63) is 18.5 Å². The number of nitrogens with one attached hydrogen (secondary N) is 1. The van der Waals surface area contributed by atoms with Crippen LogP contribution in [-0.2, 0) is 25.7 Å². The molecule has 0 fully saturated rings. The minimum Gasteiger partial charge on any atom is -0.480 e. The minimum atomic E-state index is -1.18. The van der Waals surface area contributed by atoms with E-state index in [1.165, 1.54) is 7.11 Å². The molecule has 1 atom stereocenters. The van der Waals surface area contributed by atoms with Crippen molar-refractivity contribution >= 4 is 17.8 Å². The lowest BCUT2D eigenvalue weighted by atomic mass is 10.1. The summed E-state index contributed by atoms with van der Waals surface area (Å²) < 4.78 is 6.00. The Morgan fingerprint density at radius 2 is 2.15 bits per heavy atom. The van der Waals surface area contributed by atoms with Gasteiger partial charge in [0.2, 0.25) is 5.91 Å². The minimum absolute atomic E-state index is 0.00445. The highest BCUT2D eigenvalue weighted by Gasteiger charge is 2.21. The van der Waals surface area contributed by atoms with E-state index in [-0.39, 0.29) is 19.3 Å². The molecule has 1 aromatic rings. The van der Waals surface area contributed by atoms with Gasteiger partial charge in [-0.3, -0.25) is 14.3 Å². The molecule has 20 heavy (non-hydrogen) atoms. The van der Waals surface area contributed by atoms with E-state index in [9.17, 15) is 14.4 Å². The second kappa shape index (κ2) is 7.93. The van der Waals surface area contributed by atoms with Crippen molar-refractivity contribution in [1.29, 1.82) is 0 Å². The van der Waals surface area contributed by atoms with Crippen LogP contribution in [0.25, 0.3) is 0 Å². The summed E-state index contributed by atoms with van der Waals surface area (Å²) in [6.45, 7) is 0.363. The van der Waals surface area contributed by atoms with E-state index in [1.807, 2.05) is 0 Å². The summed E-state index contributed by atoms with van der Waals surface area (Å²) >= 11 is 0. The van der Waals surface area contributed by atoms with Gasteiger partial charge in [0.15, 0.2) is 0 Å². The first-order valence-electron chi connectivity index (χ1n) is 6.09. The fraction of sp³-hybridized carbons (Fsp3) is 0.500. The van der Waals surface area contributed by atoms with Gasteiger partial charge in [0.25, 0.3) is 0 Å². The summed E-state index contributed by atoms with van der Waals surface area (Å²) in [6, 6.07) is 0.633. The Bertz CT molecular complexity index is 458. The quantitative estimate of drug-likeness (QED) is 0.639. The second-order valence-electron chi connectivity index (χ2n) is 4.09. The van der Waals surface area contributed by atoms with Crippen LogP contribution in [0.2, 0.25) is 0 Å². The number of hydrogen-bond acceptors (Lipinski definition) is 5. The number of carbonyl (C=O) groups excluding carboxylic acids is 2. The van der Waals surface area contributed by atoms with Gasteiger partial charge in [0.05, 0.1) is 7.11 Å². The topological polar surface area (TPSA) is 111 Å². The van der Waals surface area contributed by atoms with Crippen LogP contribution >= 0.6 is 0 Å². The number of esters is 1. The third-order valence-corrected chi connectivity index (χ3v) is 2.63. The fourth-order valence-electron chi connectivity index (χ4n) is 1.54. The molecule has 1 aromatic heterocycles. The van der Waals surface area contributed by atoms with Crippen LogP contribution in [0.3, 0.4) is 0 Å². The molecule has 110 valence electrons. The number of amides is 1. The number of ether oxygens (including phenoxy) is 1. The Kier molecular flexibility index (Phi) is 6.21. The van der Waals surface area contributed by atoms with Gasteiger partial charge in [0, 0.05) is 31.8 Å². The van der Waals surface area contributed by atoms with Gasteiger partial charge in [-0.2, -0.15) is 5.10 Å². The van der Waals surface area contributed by atoms with Gasteiger partial charge in [-0.1, -0.05) is 0 Å². The molecule has 1 heterocycles. The number of carbonyl (C=O) groups is 3. The fourth-order valence-corrected chi connectivity index (χ4v) is 1.54. The van der Waals surface area contributed by atoms with E-state index in [0.29, 0.717) is 6.54 Å². The summed E-state index contributed by atoms with van der Waals surface area (Å²) in [7, 11) is 1.22. The molecule has 1 rings (SSSR count). The Hall–Kier alpha value is -2.38. The van der Waals surface area contributed by atoms with Crippen LogP contribution in [0.4, 0.5) is 0 Å². The molecule has 0 bridgehead atoms. The molecule has 0 spiro atoms. The molecule has 0 unspecified atom stereocenters. The molecule has 8 nitrogen and oxygen atoms in total. The highest BCUT2D eigenvalue weighted by molar-refractivity contribution is 5.83. The molecular weight excluding hydrogens is 266 g/mol. The van der Waals surface area contributed by atoms with E-state index in [1.54, 1.807) is 23.1 Å². The maximum atomic E-state index is 11.6. The monoisotopic (exact) mass is 283 g/mol. The van der Waals surface area contributed by atoms with Crippen molar-refractivity contribution in [2.75, 3.05) is 7.11 Å². The highest BCUT2D eigenvalue weighted by Crippen LogP contribution is 2.01. The average Bonchev–Trinajstić information content (AvgIpc) is 2.93. The molecule has 2 N–H and O–H groups in total. The lowest BCUT2D eigenvalue weighted by Crippen LogP contribution is -2.41. The first-order chi connectivity index (χ1) is 9.52. The number of aromatic nitrogens is 2. The van der Waals surface area contributed by atoms with Crippen LogP contribution in [0.1, 0.15) is 19.3 Å². The normalized spacial score (nSPS) is 11.7. The standard InChI is InChI=1S/C12H17N3O5/c1-20-11(17)4-3-9(12(18)19)14-10(16)5-8-15-7-2-6-13-15/h2,6-7,9H,3-5,8H2,1H3,(H,14,16)(H,18,19)/t9-/m1/s1. The zero-order valence-electron chi connectivity index (χ0n) is 11.1. The van der Waals surface area contributed by atoms with Gasteiger partial charge in [-0.05, 0) is 12.5 Å². The molecule has 1 amide bonds. The lowest BCUT2D eigenvalue weighted by Gasteiger charge is -2.13. The highest BCUT2D eigenvalue weighted by atomic mass is 16.5. The molecule has 8 heteroatoms. The second-order valence-corrected chi connectivity index (χ2v) is 4.09. The van der Waals surface area contributed by atoms with Gasteiger partial charge < -0.3 is 15.2 Å². The molecular formula is C12H17N3O5. The predicted octanol–water partition coefficient (Wildman–Crippen LogP) is -0.204. The molecule has 0 aliphatic heterocycles. The number of hydrogen-bond donors (Lipinski definition) is 2. The largest absolute Gasteiger partial charge is 0.480 e. The summed E-state index contributed by atoms with van der Waals surface area (Å²) in [5, 5.41) is 15.3. The lowest BCUT2D eigenvalue weighted by molar-refractivity contribution is -0.144. The van der Waals surface area contributed by atoms with Crippen molar-refractivity contribution in [2.45, 2.75) is 31.8 Å². The van der Waals surface area contributed by atoms with E-state index < -0.39 is 23.9 Å². The van der Waals surface area contributed by atoms with E-state index >= 15 is 0 Å². The molecule has 0 aliphatic rings. The van der Waals surface area contributed by atoms with Gasteiger partial charge in [-0.25, -0.2) is 4.79 Å². The number of rotatable bonds is 8. The number of carboxylic acids is 1. The van der Waals surface area contributed by atoms with Crippen molar-refractivity contribution in [1.82, 2.24) is 15.1 Å². The molecule has 0 aromatic carbocycles. The van der Waals surface area contributed by atoms with Gasteiger partial charge >= 0.3 is 11.9 Å². The van der Waals surface area contributed by atoms with Gasteiger partial charge in [-0.15, -0.1) is 0 Å². The third kappa shape index (κ3) is 5.51. The molecule has 0 saturated carbocycles. The average molecular weight is 283 g/mol. The van der Waals surface area contributed by atoms with E-state index in [2.05, 4.69) is 15.2 Å². The van der Waals surface area contributed by atoms with Crippen molar-refractivity contribution in [2.24, 2.45) is 0 Å². The van der Waals surface area contributed by atoms with Crippen LogP contribution in [-0.4, -0.2) is 45.9 Å². The number of aryl methyl sites for hydroxylation is 1. The molecule has 0 aliphatic carbocycles. The molecule has 0 radical (unpaired) electrons. The first kappa shape index (κ1) is 15.7. The Labute approximate surface area is 115 Å². The summed E-state index contributed by atoms with van der Waals surface area (Å²) in [5.41, 5.74) is 0. The zero-order chi connectivity index (χ0) is 15.0. The predicted molar refractivity (Wildman–Crippen MR) is 67.7 cm³/mol. The maximum Gasteiger partial charge on any atom is 0.326 e. The van der Waals surface area contributed by atoms with Crippen molar-refractivity contribution < 1.29 is 24.2 Å².